The Labute approximate surface area is 192 Å². The van der Waals surface area contributed by atoms with Crippen LogP contribution < -0.4 is 10.5 Å². The predicted molar refractivity (Wildman–Crippen MR) is 120 cm³/mol. The zero-order chi connectivity index (χ0) is 24.1. The van der Waals surface area contributed by atoms with Crippen LogP contribution in [0.15, 0.2) is 28.4 Å². The van der Waals surface area contributed by atoms with Gasteiger partial charge in [0.15, 0.2) is 5.01 Å². The van der Waals surface area contributed by atoms with Gasteiger partial charge in [-0.3, -0.25) is 9.69 Å². The fourth-order valence-corrected chi connectivity index (χ4v) is 5.17. The lowest BCUT2D eigenvalue weighted by atomic mass is 10.0. The first kappa shape index (κ1) is 23.2. The van der Waals surface area contributed by atoms with Crippen LogP contribution in [0.3, 0.4) is 0 Å². The molecule has 1 saturated heterocycles. The monoisotopic (exact) mass is 476 g/mol. The molecule has 0 radical (unpaired) electrons. The quantitative estimate of drug-likeness (QED) is 0.570. The Kier molecular flexibility index (Phi) is 5.92. The summed E-state index contributed by atoms with van der Waals surface area (Å²) in [5, 5.41) is 9.93. The summed E-state index contributed by atoms with van der Waals surface area (Å²) in [6.07, 6.45) is -4.45. The van der Waals surface area contributed by atoms with Crippen LogP contribution >= 0.6 is 11.3 Å². The Morgan fingerprint density at radius 1 is 1.21 bits per heavy atom. The number of aromatic nitrogens is 3. The number of hydrogen-bond acceptors (Lipinski definition) is 7. The third-order valence-electron chi connectivity index (χ3n) is 6.22. The molecule has 3 aromatic heterocycles. The number of hydrogen-bond donors (Lipinski definition) is 0. The fourth-order valence-electron chi connectivity index (χ4n) is 4.40. The number of rotatable bonds is 3. The number of alkyl halides is 3. The van der Waals surface area contributed by atoms with Crippen molar-refractivity contribution >= 4 is 28.1 Å². The summed E-state index contributed by atoms with van der Waals surface area (Å²) in [6, 6.07) is 6.52. The van der Waals surface area contributed by atoms with Gasteiger partial charge in [0.2, 0.25) is 0 Å². The van der Waals surface area contributed by atoms with Crippen LogP contribution in [0.25, 0.3) is 11.0 Å². The summed E-state index contributed by atoms with van der Waals surface area (Å²) >= 11 is 0.611. The molecule has 33 heavy (non-hydrogen) atoms. The first-order chi connectivity index (χ1) is 15.5. The SMILES string of the molecule is CC(c1csc(C(F)(F)F)n1)N1C[C@H](C)N(c2cc(=O)n(C)c3ccc(C#N)nc23)C[C@H]1C. The van der Waals surface area contributed by atoms with Gasteiger partial charge in [-0.2, -0.15) is 18.4 Å². The van der Waals surface area contributed by atoms with Gasteiger partial charge in [0, 0.05) is 43.7 Å². The number of pyridine rings is 2. The van der Waals surface area contributed by atoms with Crippen LogP contribution in [0.2, 0.25) is 0 Å². The number of halogens is 3. The molecule has 174 valence electrons. The zero-order valence-corrected chi connectivity index (χ0v) is 19.4. The normalized spacial score (nSPS) is 20.7. The van der Waals surface area contributed by atoms with Crippen LogP contribution in [-0.4, -0.2) is 44.6 Å². The van der Waals surface area contributed by atoms with E-state index >= 15 is 0 Å². The van der Waals surface area contributed by atoms with E-state index in [1.165, 1.54) is 16.0 Å². The summed E-state index contributed by atoms with van der Waals surface area (Å²) in [7, 11) is 1.66. The van der Waals surface area contributed by atoms with Crippen LogP contribution in [0.5, 0.6) is 0 Å². The Balaban J connectivity index is 1.66. The topological polar surface area (TPSA) is 78.0 Å². The van der Waals surface area contributed by atoms with Gasteiger partial charge < -0.3 is 9.47 Å². The van der Waals surface area contributed by atoms with Crippen molar-refractivity contribution in [2.45, 2.75) is 45.1 Å². The van der Waals surface area contributed by atoms with Crippen molar-refractivity contribution in [3.63, 3.8) is 0 Å². The largest absolute Gasteiger partial charge is 0.443 e. The molecule has 0 spiro atoms. The highest BCUT2D eigenvalue weighted by Crippen LogP contribution is 2.36. The summed E-state index contributed by atoms with van der Waals surface area (Å²) in [5.41, 5.74) is 2.35. The third-order valence-corrected chi connectivity index (χ3v) is 7.12. The van der Waals surface area contributed by atoms with E-state index in [1.54, 1.807) is 19.2 Å². The molecular formula is C22H23F3N6OS. The molecule has 3 aromatic rings. The van der Waals surface area contributed by atoms with E-state index in [4.69, 9.17) is 0 Å². The molecule has 1 aliphatic heterocycles. The molecule has 1 unspecified atom stereocenters. The first-order valence-corrected chi connectivity index (χ1v) is 11.3. The van der Waals surface area contributed by atoms with Gasteiger partial charge in [-0.25, -0.2) is 9.97 Å². The summed E-state index contributed by atoms with van der Waals surface area (Å²) in [6.45, 7) is 6.98. The number of piperazine rings is 1. The Bertz CT molecular complexity index is 1290. The lowest BCUT2D eigenvalue weighted by Gasteiger charge is -2.47. The molecule has 1 aliphatic rings. The molecule has 0 saturated carbocycles. The van der Waals surface area contributed by atoms with E-state index < -0.39 is 11.2 Å². The van der Waals surface area contributed by atoms with Crippen molar-refractivity contribution in [1.29, 1.82) is 5.26 Å². The highest BCUT2D eigenvalue weighted by Gasteiger charge is 2.38. The maximum absolute atomic E-state index is 13.0. The number of aryl methyl sites for hydroxylation is 1. The lowest BCUT2D eigenvalue weighted by Crippen LogP contribution is -2.57. The molecule has 0 N–H and O–H groups in total. The number of nitriles is 1. The molecule has 7 nitrogen and oxygen atoms in total. The second-order valence-electron chi connectivity index (χ2n) is 8.40. The molecule has 3 atom stereocenters. The molecule has 4 rings (SSSR count). The van der Waals surface area contributed by atoms with Gasteiger partial charge in [-0.15, -0.1) is 11.3 Å². The van der Waals surface area contributed by atoms with Crippen molar-refractivity contribution < 1.29 is 13.2 Å². The number of anilines is 1. The minimum atomic E-state index is -4.45. The lowest BCUT2D eigenvalue weighted by molar-refractivity contribution is -0.137. The zero-order valence-electron chi connectivity index (χ0n) is 18.6. The van der Waals surface area contributed by atoms with Crippen molar-refractivity contribution in [3.05, 3.63) is 50.3 Å². The van der Waals surface area contributed by atoms with Crippen LogP contribution in [0.4, 0.5) is 18.9 Å². The Morgan fingerprint density at radius 2 is 1.94 bits per heavy atom. The van der Waals surface area contributed by atoms with Gasteiger partial charge >= 0.3 is 6.18 Å². The van der Waals surface area contributed by atoms with Gasteiger partial charge in [0.25, 0.3) is 5.56 Å². The Morgan fingerprint density at radius 3 is 2.58 bits per heavy atom. The number of thiazole rings is 1. The molecule has 0 bridgehead atoms. The summed E-state index contributed by atoms with van der Waals surface area (Å²) < 4.78 is 40.5. The highest BCUT2D eigenvalue weighted by molar-refractivity contribution is 7.09. The molecule has 0 aliphatic carbocycles. The predicted octanol–water partition coefficient (Wildman–Crippen LogP) is 3.94. The second kappa shape index (κ2) is 8.43. The average Bonchev–Trinajstić information content (AvgIpc) is 3.28. The van der Waals surface area contributed by atoms with Crippen molar-refractivity contribution in [2.24, 2.45) is 7.05 Å². The third kappa shape index (κ3) is 4.20. The standard InChI is InChI=1S/C22H23F3N6OS/c1-12-10-31(18-7-19(32)29(4)17-6-5-15(8-26)27-20(17)18)13(2)9-30(12)14(3)16-11-33-21(28-16)22(23,24)25/h5-7,11-14H,9-10H2,1-4H3/t12-,13+,14?/m1/s1. The number of fused-ring (bicyclic) bond motifs is 1. The minimum Gasteiger partial charge on any atom is -0.364 e. The fraction of sp³-hybridized carbons (Fsp3) is 0.455. The first-order valence-electron chi connectivity index (χ1n) is 10.5. The average molecular weight is 477 g/mol. The molecule has 0 amide bonds. The molecule has 0 aromatic carbocycles. The van der Waals surface area contributed by atoms with Crippen LogP contribution in [-0.2, 0) is 13.2 Å². The summed E-state index contributed by atoms with van der Waals surface area (Å²) in [4.78, 5) is 25.1. The highest BCUT2D eigenvalue weighted by atomic mass is 32.1. The van der Waals surface area contributed by atoms with Crippen LogP contribution in [0.1, 0.15) is 43.2 Å². The van der Waals surface area contributed by atoms with E-state index in [0.29, 0.717) is 46.8 Å². The van der Waals surface area contributed by atoms with E-state index in [-0.39, 0.29) is 29.4 Å². The molecule has 4 heterocycles. The van der Waals surface area contributed by atoms with E-state index in [1.807, 2.05) is 26.8 Å². The van der Waals surface area contributed by atoms with Crippen molar-refractivity contribution in [3.8, 4) is 6.07 Å². The Hall–Kier alpha value is -2.97. The smallest absolute Gasteiger partial charge is 0.364 e. The van der Waals surface area contributed by atoms with Gasteiger partial charge in [-0.1, -0.05) is 0 Å². The maximum atomic E-state index is 13.0. The van der Waals surface area contributed by atoms with E-state index in [9.17, 15) is 23.2 Å². The van der Waals surface area contributed by atoms with Crippen molar-refractivity contribution in [1.82, 2.24) is 19.4 Å². The minimum absolute atomic E-state index is 0.0227. The molecule has 11 heteroatoms. The van der Waals surface area contributed by atoms with Gasteiger partial charge in [-0.05, 0) is 32.9 Å². The molecule has 1 fully saturated rings. The van der Waals surface area contributed by atoms with E-state index in [0.717, 1.165) is 0 Å². The molecular weight excluding hydrogens is 453 g/mol. The van der Waals surface area contributed by atoms with Gasteiger partial charge in [0.05, 0.1) is 22.9 Å². The second-order valence-corrected chi connectivity index (χ2v) is 9.26. The maximum Gasteiger partial charge on any atom is 0.443 e. The number of nitrogens with zero attached hydrogens (tertiary/aromatic N) is 6. The van der Waals surface area contributed by atoms with E-state index in [2.05, 4.69) is 19.8 Å². The van der Waals surface area contributed by atoms with Crippen LogP contribution in [0, 0.1) is 11.3 Å². The van der Waals surface area contributed by atoms with Gasteiger partial charge in [0.1, 0.15) is 17.3 Å². The van der Waals surface area contributed by atoms with Crippen molar-refractivity contribution in [2.75, 3.05) is 18.0 Å². The summed E-state index contributed by atoms with van der Waals surface area (Å²) in [5.74, 6) is 0.